The molecule has 2 fully saturated rings. The summed E-state index contributed by atoms with van der Waals surface area (Å²) in [5.74, 6) is 0.671. The Bertz CT molecular complexity index is 782. The smallest absolute Gasteiger partial charge is 0.317 e. The van der Waals surface area contributed by atoms with Crippen molar-refractivity contribution in [1.82, 2.24) is 20.4 Å². The second-order valence-corrected chi connectivity index (χ2v) is 8.32. The van der Waals surface area contributed by atoms with E-state index in [1.54, 1.807) is 16.9 Å². The predicted octanol–water partition coefficient (Wildman–Crippen LogP) is 1.01. The lowest BCUT2D eigenvalue weighted by molar-refractivity contribution is -0.131. The van der Waals surface area contributed by atoms with Gasteiger partial charge in [0.05, 0.1) is 13.5 Å². The van der Waals surface area contributed by atoms with Crippen molar-refractivity contribution in [2.45, 2.75) is 32.7 Å². The fourth-order valence-electron chi connectivity index (χ4n) is 4.03. The number of hydrogen-bond donors (Lipinski definition) is 2. The van der Waals surface area contributed by atoms with Crippen LogP contribution in [-0.2, 0) is 16.0 Å². The molecule has 2 saturated heterocycles. The van der Waals surface area contributed by atoms with Gasteiger partial charge < -0.3 is 25.2 Å². The first kappa shape index (κ1) is 21.0. The van der Waals surface area contributed by atoms with Crippen LogP contribution >= 0.6 is 0 Å². The number of carbonyl (C=O) groups is 3. The molecule has 2 N–H and O–H groups in total. The monoisotopic (exact) mass is 402 g/mol. The Morgan fingerprint density at radius 1 is 1.24 bits per heavy atom. The van der Waals surface area contributed by atoms with E-state index in [1.165, 1.54) is 0 Å². The van der Waals surface area contributed by atoms with Crippen LogP contribution in [-0.4, -0.2) is 73.5 Å². The van der Waals surface area contributed by atoms with E-state index in [-0.39, 0.29) is 30.3 Å². The van der Waals surface area contributed by atoms with Crippen molar-refractivity contribution < 1.29 is 19.1 Å². The van der Waals surface area contributed by atoms with Crippen LogP contribution in [0.5, 0.6) is 5.75 Å². The highest BCUT2D eigenvalue weighted by atomic mass is 16.5. The highest BCUT2D eigenvalue weighted by Gasteiger charge is 2.44. The van der Waals surface area contributed by atoms with Crippen LogP contribution in [0.25, 0.3) is 0 Å². The maximum absolute atomic E-state index is 13.1. The maximum atomic E-state index is 13.1. The molecule has 8 nitrogen and oxygen atoms in total. The molecule has 0 saturated carbocycles. The van der Waals surface area contributed by atoms with Gasteiger partial charge in [0.1, 0.15) is 5.75 Å². The Kier molecular flexibility index (Phi) is 6.30. The van der Waals surface area contributed by atoms with Crippen LogP contribution in [0.1, 0.15) is 25.8 Å². The summed E-state index contributed by atoms with van der Waals surface area (Å²) in [5, 5.41) is 5.80. The zero-order valence-electron chi connectivity index (χ0n) is 17.4. The number of urea groups is 1. The molecule has 1 spiro atoms. The quantitative estimate of drug-likeness (QED) is 0.786. The van der Waals surface area contributed by atoms with Gasteiger partial charge in [-0.2, -0.15) is 0 Å². The Labute approximate surface area is 171 Å². The molecule has 29 heavy (non-hydrogen) atoms. The highest BCUT2D eigenvalue weighted by molar-refractivity contribution is 5.82. The van der Waals surface area contributed by atoms with Gasteiger partial charge in [0.2, 0.25) is 11.8 Å². The molecule has 2 heterocycles. The third kappa shape index (κ3) is 5.19. The van der Waals surface area contributed by atoms with Crippen LogP contribution in [0.2, 0.25) is 0 Å². The van der Waals surface area contributed by atoms with E-state index in [2.05, 4.69) is 10.6 Å². The average molecular weight is 402 g/mol. The molecule has 4 amide bonds. The molecule has 1 atom stereocenters. The lowest BCUT2D eigenvalue weighted by Gasteiger charge is -2.33. The average Bonchev–Trinajstić information content (AvgIpc) is 2.92. The lowest BCUT2D eigenvalue weighted by atomic mass is 9.86. The summed E-state index contributed by atoms with van der Waals surface area (Å²) in [5.41, 5.74) is 0.425. The summed E-state index contributed by atoms with van der Waals surface area (Å²) in [6.45, 7) is 6.10. The molecule has 0 radical (unpaired) electrons. The molecule has 1 unspecified atom stereocenters. The zero-order chi connectivity index (χ0) is 21.0. The molecular weight excluding hydrogens is 372 g/mol. The summed E-state index contributed by atoms with van der Waals surface area (Å²) in [4.78, 5) is 41.2. The van der Waals surface area contributed by atoms with Crippen LogP contribution in [0.3, 0.4) is 0 Å². The van der Waals surface area contributed by atoms with Gasteiger partial charge in [-0.1, -0.05) is 12.1 Å². The summed E-state index contributed by atoms with van der Waals surface area (Å²) in [7, 11) is 1.60. The number of methoxy groups -OCH3 is 1. The molecule has 0 aliphatic carbocycles. The Morgan fingerprint density at radius 3 is 2.62 bits per heavy atom. The van der Waals surface area contributed by atoms with Crippen molar-refractivity contribution >= 4 is 17.8 Å². The van der Waals surface area contributed by atoms with Crippen LogP contribution in [0.15, 0.2) is 24.3 Å². The minimum atomic E-state index is -0.452. The van der Waals surface area contributed by atoms with Gasteiger partial charge >= 0.3 is 6.03 Å². The molecular formula is C21H30N4O4. The van der Waals surface area contributed by atoms with Gasteiger partial charge in [0.25, 0.3) is 0 Å². The predicted molar refractivity (Wildman–Crippen MR) is 109 cm³/mol. The number of nitrogens with one attached hydrogen (secondary N) is 2. The third-order valence-corrected chi connectivity index (χ3v) is 5.43. The topological polar surface area (TPSA) is 91.0 Å². The van der Waals surface area contributed by atoms with Crippen molar-refractivity contribution in [3.63, 3.8) is 0 Å². The van der Waals surface area contributed by atoms with Gasteiger partial charge in [-0.05, 0) is 31.5 Å². The molecule has 0 aromatic heterocycles. The number of rotatable bonds is 4. The number of hydrogen-bond acceptors (Lipinski definition) is 4. The summed E-state index contributed by atoms with van der Waals surface area (Å²) >= 11 is 0. The van der Waals surface area contributed by atoms with E-state index in [0.29, 0.717) is 44.9 Å². The SMILES string of the molecule is COc1cccc(CC(=O)N2CCN(C(=O)NC(C)C)CC3(CNC(=O)C3)C2)c1. The fourth-order valence-corrected chi connectivity index (χ4v) is 4.03. The first-order valence-electron chi connectivity index (χ1n) is 10.0. The summed E-state index contributed by atoms with van der Waals surface area (Å²) in [6, 6.07) is 7.33. The molecule has 3 rings (SSSR count). The van der Waals surface area contributed by atoms with Crippen molar-refractivity contribution in [2.75, 3.05) is 39.8 Å². The third-order valence-electron chi connectivity index (χ3n) is 5.43. The van der Waals surface area contributed by atoms with E-state index in [1.807, 2.05) is 38.1 Å². The van der Waals surface area contributed by atoms with Crippen molar-refractivity contribution in [3.05, 3.63) is 29.8 Å². The minimum Gasteiger partial charge on any atom is -0.497 e. The standard InChI is InChI=1S/C21H30N4O4/c1-15(2)23-20(28)25-8-7-24(13-21(14-25)11-18(26)22-12-21)19(27)10-16-5-4-6-17(9-16)29-3/h4-6,9,15H,7-8,10-14H2,1-3H3,(H,22,26)(H,23,28). The number of amides is 4. The fraction of sp³-hybridized carbons (Fsp3) is 0.571. The van der Waals surface area contributed by atoms with Gasteiger partial charge in [0, 0.05) is 50.6 Å². The van der Waals surface area contributed by atoms with Crippen molar-refractivity contribution in [1.29, 1.82) is 0 Å². The first-order chi connectivity index (χ1) is 13.8. The summed E-state index contributed by atoms with van der Waals surface area (Å²) in [6.07, 6.45) is 0.578. The van der Waals surface area contributed by atoms with E-state index in [0.717, 1.165) is 5.56 Å². The van der Waals surface area contributed by atoms with Gasteiger partial charge in [-0.25, -0.2) is 4.79 Å². The molecule has 8 heteroatoms. The second-order valence-electron chi connectivity index (χ2n) is 8.32. The highest BCUT2D eigenvalue weighted by Crippen LogP contribution is 2.31. The molecule has 1 aromatic rings. The van der Waals surface area contributed by atoms with E-state index in [4.69, 9.17) is 4.74 Å². The van der Waals surface area contributed by atoms with Crippen LogP contribution < -0.4 is 15.4 Å². The van der Waals surface area contributed by atoms with E-state index < -0.39 is 5.41 Å². The van der Waals surface area contributed by atoms with Crippen LogP contribution in [0.4, 0.5) is 4.79 Å². The first-order valence-corrected chi connectivity index (χ1v) is 10.0. The minimum absolute atomic E-state index is 0.0110. The zero-order valence-corrected chi connectivity index (χ0v) is 17.4. The number of benzene rings is 1. The van der Waals surface area contributed by atoms with Crippen molar-refractivity contribution in [2.24, 2.45) is 5.41 Å². The molecule has 0 bridgehead atoms. The van der Waals surface area contributed by atoms with Gasteiger partial charge in [-0.15, -0.1) is 0 Å². The maximum Gasteiger partial charge on any atom is 0.317 e. The van der Waals surface area contributed by atoms with Crippen LogP contribution in [0, 0.1) is 5.41 Å². The summed E-state index contributed by atoms with van der Waals surface area (Å²) < 4.78 is 5.24. The largest absolute Gasteiger partial charge is 0.497 e. The Balaban J connectivity index is 1.76. The number of ether oxygens (including phenoxy) is 1. The van der Waals surface area contributed by atoms with E-state index >= 15 is 0 Å². The molecule has 2 aliphatic rings. The Hall–Kier alpha value is -2.77. The van der Waals surface area contributed by atoms with Gasteiger partial charge in [-0.3, -0.25) is 9.59 Å². The molecule has 158 valence electrons. The normalized spacial score (nSPS) is 21.9. The van der Waals surface area contributed by atoms with E-state index in [9.17, 15) is 14.4 Å². The lowest BCUT2D eigenvalue weighted by Crippen LogP contribution is -2.48. The second kappa shape index (κ2) is 8.71. The number of nitrogens with zero attached hydrogens (tertiary/aromatic N) is 2. The molecule has 2 aliphatic heterocycles. The Morgan fingerprint density at radius 2 is 1.97 bits per heavy atom. The van der Waals surface area contributed by atoms with Crippen molar-refractivity contribution in [3.8, 4) is 5.75 Å². The number of carbonyl (C=O) groups excluding carboxylic acids is 3. The molecule has 1 aromatic carbocycles. The van der Waals surface area contributed by atoms with Gasteiger partial charge in [0.15, 0.2) is 0 Å².